The fourth-order valence-corrected chi connectivity index (χ4v) is 3.62. The van der Waals surface area contributed by atoms with E-state index < -0.39 is 50.2 Å². The van der Waals surface area contributed by atoms with Gasteiger partial charge in [-0.05, 0) is 12.1 Å². The van der Waals surface area contributed by atoms with Crippen LogP contribution in [0.4, 0.5) is 23.2 Å². The molecule has 0 aliphatic carbocycles. The van der Waals surface area contributed by atoms with Gasteiger partial charge in [0.1, 0.15) is 11.6 Å². The molecule has 1 unspecified atom stereocenters. The third-order valence-corrected chi connectivity index (χ3v) is 4.33. The highest BCUT2D eigenvalue weighted by molar-refractivity contribution is 8.13. The minimum Gasteiger partial charge on any atom is -0.406 e. The van der Waals surface area contributed by atoms with Gasteiger partial charge in [-0.25, -0.2) is 12.8 Å². The standard InChI is InChI=1S/C12H10ClF4NO4S/c13-23(20,21)6-7-3-11(19)18(5-7)10-4-8(1-2-9(10)14)22-12(15,16)17/h1-2,4,7H,3,5-6H2. The number of carbonyl (C=O) groups is 1. The Morgan fingerprint density at radius 3 is 2.57 bits per heavy atom. The molecule has 128 valence electrons. The second kappa shape index (κ2) is 6.16. The zero-order chi connectivity index (χ0) is 17.4. The van der Waals surface area contributed by atoms with E-state index in [1.165, 1.54) is 0 Å². The molecule has 1 heterocycles. The number of nitrogens with zero attached hydrogens (tertiary/aromatic N) is 1. The Balaban J connectivity index is 2.24. The van der Waals surface area contributed by atoms with Gasteiger partial charge in [-0.2, -0.15) is 0 Å². The number of alkyl halides is 3. The molecule has 1 amide bonds. The molecular formula is C12H10ClF4NO4S. The Kier molecular flexibility index (Phi) is 4.76. The van der Waals surface area contributed by atoms with Crippen LogP contribution >= 0.6 is 10.7 Å². The Morgan fingerprint density at radius 1 is 1.35 bits per heavy atom. The molecule has 2 rings (SSSR count). The van der Waals surface area contributed by atoms with Crippen molar-refractivity contribution in [3.05, 3.63) is 24.0 Å². The third kappa shape index (κ3) is 4.96. The number of hydrogen-bond donors (Lipinski definition) is 0. The quantitative estimate of drug-likeness (QED) is 0.599. The van der Waals surface area contributed by atoms with E-state index in [1.54, 1.807) is 0 Å². The summed E-state index contributed by atoms with van der Waals surface area (Å²) >= 11 is 0. The molecule has 1 aliphatic rings. The number of ether oxygens (including phenoxy) is 1. The van der Waals surface area contributed by atoms with Crippen LogP contribution in [0, 0.1) is 11.7 Å². The molecule has 1 aromatic rings. The van der Waals surface area contributed by atoms with Crippen LogP contribution in [0.3, 0.4) is 0 Å². The van der Waals surface area contributed by atoms with Gasteiger partial charge in [0, 0.05) is 35.6 Å². The molecular weight excluding hydrogens is 366 g/mol. The second-order valence-corrected chi connectivity index (χ2v) is 7.76. The van der Waals surface area contributed by atoms with E-state index in [0.29, 0.717) is 0 Å². The van der Waals surface area contributed by atoms with Crippen molar-refractivity contribution in [2.45, 2.75) is 12.8 Å². The average molecular weight is 376 g/mol. The van der Waals surface area contributed by atoms with E-state index in [9.17, 15) is 30.8 Å². The van der Waals surface area contributed by atoms with Crippen LogP contribution in [0.25, 0.3) is 0 Å². The van der Waals surface area contributed by atoms with Crippen molar-refractivity contribution >= 4 is 31.3 Å². The van der Waals surface area contributed by atoms with Gasteiger partial charge in [0.2, 0.25) is 15.0 Å². The lowest BCUT2D eigenvalue weighted by molar-refractivity contribution is -0.274. The van der Waals surface area contributed by atoms with E-state index in [1.807, 2.05) is 0 Å². The lowest BCUT2D eigenvalue weighted by atomic mass is 10.1. The first-order chi connectivity index (χ1) is 10.4. The molecule has 0 saturated carbocycles. The summed E-state index contributed by atoms with van der Waals surface area (Å²) in [6, 6.07) is 2.24. The Hall–Kier alpha value is -1.55. The van der Waals surface area contributed by atoms with Crippen LogP contribution in [0.1, 0.15) is 6.42 Å². The molecule has 0 aromatic heterocycles. The lowest BCUT2D eigenvalue weighted by Gasteiger charge is -2.19. The fraction of sp³-hybridized carbons (Fsp3) is 0.417. The zero-order valence-electron chi connectivity index (χ0n) is 11.3. The molecule has 1 atom stereocenters. The van der Waals surface area contributed by atoms with E-state index in [4.69, 9.17) is 10.7 Å². The van der Waals surface area contributed by atoms with Crippen molar-refractivity contribution < 1.29 is 35.5 Å². The second-order valence-electron chi connectivity index (χ2n) is 4.94. The van der Waals surface area contributed by atoms with Crippen molar-refractivity contribution in [2.75, 3.05) is 17.2 Å². The predicted molar refractivity (Wildman–Crippen MR) is 73.2 cm³/mol. The maximum Gasteiger partial charge on any atom is 0.573 e. The van der Waals surface area contributed by atoms with E-state index in [0.717, 1.165) is 23.1 Å². The van der Waals surface area contributed by atoms with Crippen LogP contribution in [0.2, 0.25) is 0 Å². The maximum atomic E-state index is 13.8. The van der Waals surface area contributed by atoms with Crippen molar-refractivity contribution in [3.8, 4) is 5.75 Å². The summed E-state index contributed by atoms with van der Waals surface area (Å²) in [5, 5.41) is 0. The topological polar surface area (TPSA) is 63.7 Å². The van der Waals surface area contributed by atoms with Gasteiger partial charge < -0.3 is 9.64 Å². The SMILES string of the molecule is O=C1CC(CS(=O)(=O)Cl)CN1c1cc(OC(F)(F)F)ccc1F. The molecule has 5 nitrogen and oxygen atoms in total. The Bertz CT molecular complexity index is 722. The van der Waals surface area contributed by atoms with Crippen LogP contribution in [0.5, 0.6) is 5.75 Å². The number of halogens is 5. The number of rotatable bonds is 4. The summed E-state index contributed by atoms with van der Waals surface area (Å²) in [7, 11) is 1.25. The van der Waals surface area contributed by atoms with Crippen molar-refractivity contribution in [1.29, 1.82) is 0 Å². The number of hydrogen-bond acceptors (Lipinski definition) is 4. The largest absolute Gasteiger partial charge is 0.573 e. The molecule has 0 N–H and O–H groups in total. The summed E-state index contributed by atoms with van der Waals surface area (Å²) in [5.41, 5.74) is -0.411. The first-order valence-electron chi connectivity index (χ1n) is 6.22. The summed E-state index contributed by atoms with van der Waals surface area (Å²) < 4.78 is 76.2. The lowest BCUT2D eigenvalue weighted by Crippen LogP contribution is -2.26. The molecule has 0 spiro atoms. The number of amides is 1. The zero-order valence-corrected chi connectivity index (χ0v) is 12.9. The van der Waals surface area contributed by atoms with Crippen LogP contribution < -0.4 is 9.64 Å². The summed E-state index contributed by atoms with van der Waals surface area (Å²) in [6.07, 6.45) is -5.16. The molecule has 1 aromatic carbocycles. The highest BCUT2D eigenvalue weighted by Gasteiger charge is 2.35. The van der Waals surface area contributed by atoms with Crippen LogP contribution in [0.15, 0.2) is 18.2 Å². The number of carbonyl (C=O) groups excluding carboxylic acids is 1. The Morgan fingerprint density at radius 2 is 2.00 bits per heavy atom. The normalized spacial score (nSPS) is 19.3. The molecule has 11 heteroatoms. The minimum absolute atomic E-state index is 0.169. The first kappa shape index (κ1) is 17.8. The molecule has 0 radical (unpaired) electrons. The molecule has 1 saturated heterocycles. The molecule has 1 fully saturated rings. The van der Waals surface area contributed by atoms with Gasteiger partial charge in [0.15, 0.2) is 0 Å². The van der Waals surface area contributed by atoms with Gasteiger partial charge in [-0.3, -0.25) is 4.79 Å². The van der Waals surface area contributed by atoms with Gasteiger partial charge in [0.05, 0.1) is 11.4 Å². The summed E-state index contributed by atoms with van der Waals surface area (Å²) in [4.78, 5) is 12.8. The third-order valence-electron chi connectivity index (χ3n) is 3.08. The number of benzene rings is 1. The van der Waals surface area contributed by atoms with Gasteiger partial charge in [0.25, 0.3) is 0 Å². The Labute approximate surface area is 133 Å². The van der Waals surface area contributed by atoms with E-state index in [-0.39, 0.29) is 13.0 Å². The summed E-state index contributed by atoms with van der Waals surface area (Å²) in [5.74, 6) is -3.38. The van der Waals surface area contributed by atoms with Gasteiger partial charge >= 0.3 is 6.36 Å². The summed E-state index contributed by atoms with van der Waals surface area (Å²) in [6.45, 7) is -0.169. The smallest absolute Gasteiger partial charge is 0.406 e. The van der Waals surface area contributed by atoms with Crippen molar-refractivity contribution in [2.24, 2.45) is 5.92 Å². The molecule has 1 aliphatic heterocycles. The van der Waals surface area contributed by atoms with Crippen LogP contribution in [-0.4, -0.2) is 33.0 Å². The van der Waals surface area contributed by atoms with E-state index >= 15 is 0 Å². The maximum absolute atomic E-state index is 13.8. The molecule has 23 heavy (non-hydrogen) atoms. The van der Waals surface area contributed by atoms with Gasteiger partial charge in [-0.1, -0.05) is 0 Å². The number of anilines is 1. The average Bonchev–Trinajstić information content (AvgIpc) is 2.68. The van der Waals surface area contributed by atoms with Crippen molar-refractivity contribution in [1.82, 2.24) is 0 Å². The van der Waals surface area contributed by atoms with Crippen molar-refractivity contribution in [3.63, 3.8) is 0 Å². The highest BCUT2D eigenvalue weighted by atomic mass is 35.7. The fourth-order valence-electron chi connectivity index (χ4n) is 2.30. The van der Waals surface area contributed by atoms with Gasteiger partial charge in [-0.15, -0.1) is 13.2 Å². The highest BCUT2D eigenvalue weighted by Crippen LogP contribution is 2.33. The first-order valence-corrected chi connectivity index (χ1v) is 8.70. The van der Waals surface area contributed by atoms with Crippen LogP contribution in [-0.2, 0) is 13.8 Å². The minimum atomic E-state index is -4.96. The monoisotopic (exact) mass is 375 g/mol. The predicted octanol–water partition coefficient (Wildman–Crippen LogP) is 2.65. The molecule has 0 bridgehead atoms. The van der Waals surface area contributed by atoms with E-state index in [2.05, 4.69) is 4.74 Å².